The molecule has 5 heteroatoms. The fraction of sp³-hybridized carbons (Fsp3) is 0.333. The molecule has 0 saturated carbocycles. The van der Waals surface area contributed by atoms with E-state index < -0.39 is 0 Å². The van der Waals surface area contributed by atoms with E-state index in [0.29, 0.717) is 11.0 Å². The molecule has 1 aromatic carbocycles. The molecule has 0 aliphatic heterocycles. The average Bonchev–Trinajstić information content (AvgIpc) is 2.38. The van der Waals surface area contributed by atoms with Crippen molar-refractivity contribution in [2.45, 2.75) is 33.6 Å². The molecule has 2 rings (SSSR count). The van der Waals surface area contributed by atoms with Gasteiger partial charge in [-0.2, -0.15) is 0 Å². The van der Waals surface area contributed by atoms with E-state index in [-0.39, 0.29) is 5.92 Å². The van der Waals surface area contributed by atoms with Crippen molar-refractivity contribution in [1.29, 1.82) is 0 Å². The van der Waals surface area contributed by atoms with Crippen molar-refractivity contribution >= 4 is 34.7 Å². The fourth-order valence-electron chi connectivity index (χ4n) is 1.69. The monoisotopic (exact) mass is 309 g/mol. The van der Waals surface area contributed by atoms with Crippen molar-refractivity contribution < 1.29 is 0 Å². The van der Waals surface area contributed by atoms with Crippen LogP contribution in [0.25, 0.3) is 0 Å². The summed E-state index contributed by atoms with van der Waals surface area (Å²) in [5.41, 5.74) is 2.75. The Morgan fingerprint density at radius 2 is 1.80 bits per heavy atom. The van der Waals surface area contributed by atoms with Crippen LogP contribution in [-0.2, 0) is 0 Å². The number of nitrogens with one attached hydrogen (secondary N) is 1. The minimum absolute atomic E-state index is 0.218. The second-order valence-corrected chi connectivity index (χ2v) is 5.86. The van der Waals surface area contributed by atoms with Gasteiger partial charge in [-0.15, -0.1) is 0 Å². The lowest BCUT2D eigenvalue weighted by atomic mass is 10.2. The van der Waals surface area contributed by atoms with Crippen LogP contribution in [0.3, 0.4) is 0 Å². The number of rotatable bonds is 3. The third-order valence-corrected chi connectivity index (χ3v) is 3.83. The van der Waals surface area contributed by atoms with Crippen molar-refractivity contribution in [2.75, 3.05) is 5.32 Å². The average molecular weight is 310 g/mol. The first-order valence-corrected chi connectivity index (χ1v) is 7.21. The lowest BCUT2D eigenvalue weighted by molar-refractivity contribution is 0.773. The zero-order valence-corrected chi connectivity index (χ0v) is 13.5. The summed E-state index contributed by atoms with van der Waals surface area (Å²) in [6, 6.07) is 5.80. The maximum absolute atomic E-state index is 6.17. The predicted molar refractivity (Wildman–Crippen MR) is 85.3 cm³/mol. The second-order valence-electron chi connectivity index (χ2n) is 5.09. The third kappa shape index (κ3) is 3.22. The molecule has 1 heterocycles. The maximum atomic E-state index is 6.17. The van der Waals surface area contributed by atoms with Gasteiger partial charge < -0.3 is 5.32 Å². The van der Waals surface area contributed by atoms with Gasteiger partial charge in [-0.3, -0.25) is 0 Å². The summed E-state index contributed by atoms with van der Waals surface area (Å²) in [5.74, 6) is 1.66. The Bertz CT molecular complexity index is 639. The van der Waals surface area contributed by atoms with E-state index in [1.54, 1.807) is 0 Å². The smallest absolute Gasteiger partial charge is 0.138 e. The molecular weight excluding hydrogens is 293 g/mol. The molecule has 0 bridgehead atoms. The van der Waals surface area contributed by atoms with E-state index in [4.69, 9.17) is 23.2 Å². The number of hydrogen-bond acceptors (Lipinski definition) is 3. The van der Waals surface area contributed by atoms with Crippen LogP contribution in [0.5, 0.6) is 0 Å². The van der Waals surface area contributed by atoms with Crippen LogP contribution in [0.15, 0.2) is 18.2 Å². The Morgan fingerprint density at radius 3 is 2.40 bits per heavy atom. The van der Waals surface area contributed by atoms with Gasteiger partial charge in [0.1, 0.15) is 16.8 Å². The molecule has 0 atom stereocenters. The lowest BCUT2D eigenvalue weighted by Crippen LogP contribution is -2.05. The Hall–Kier alpha value is -1.32. The van der Waals surface area contributed by atoms with Crippen molar-refractivity contribution in [1.82, 2.24) is 9.97 Å². The number of benzene rings is 1. The van der Waals surface area contributed by atoms with Gasteiger partial charge in [-0.25, -0.2) is 9.97 Å². The first kappa shape index (κ1) is 15.1. The first-order chi connectivity index (χ1) is 9.38. The molecule has 3 nitrogen and oxygen atoms in total. The van der Waals surface area contributed by atoms with Crippen LogP contribution in [-0.4, -0.2) is 9.97 Å². The third-order valence-electron chi connectivity index (χ3n) is 3.05. The molecule has 1 aromatic heterocycles. The minimum atomic E-state index is 0.218. The van der Waals surface area contributed by atoms with Gasteiger partial charge in [0.2, 0.25) is 0 Å². The number of hydrogen-bond donors (Lipinski definition) is 1. The summed E-state index contributed by atoms with van der Waals surface area (Å²) in [5, 5.41) is 4.45. The fourth-order valence-corrected chi connectivity index (χ4v) is 2.05. The largest absolute Gasteiger partial charge is 0.340 e. The molecule has 0 unspecified atom stereocenters. The Kier molecular flexibility index (Phi) is 4.51. The van der Waals surface area contributed by atoms with E-state index in [1.807, 2.05) is 45.9 Å². The number of aryl methyl sites for hydroxylation is 1. The highest BCUT2D eigenvalue weighted by molar-refractivity contribution is 6.31. The minimum Gasteiger partial charge on any atom is -0.340 e. The van der Waals surface area contributed by atoms with Gasteiger partial charge in [-0.1, -0.05) is 43.1 Å². The van der Waals surface area contributed by atoms with Crippen LogP contribution in [0.4, 0.5) is 11.5 Å². The molecule has 0 aliphatic carbocycles. The number of halogens is 2. The molecule has 0 aliphatic rings. The van der Waals surface area contributed by atoms with Crippen LogP contribution in [0.1, 0.15) is 36.7 Å². The van der Waals surface area contributed by atoms with E-state index in [2.05, 4.69) is 15.3 Å². The molecule has 0 radical (unpaired) electrons. The quantitative estimate of drug-likeness (QED) is 0.785. The molecule has 0 saturated heterocycles. The van der Waals surface area contributed by atoms with E-state index in [0.717, 1.165) is 27.7 Å². The summed E-state index contributed by atoms with van der Waals surface area (Å²) < 4.78 is 0. The molecule has 2 aromatic rings. The predicted octanol–water partition coefficient (Wildman–Crippen LogP) is 5.27. The van der Waals surface area contributed by atoms with E-state index in [9.17, 15) is 0 Å². The molecule has 20 heavy (non-hydrogen) atoms. The van der Waals surface area contributed by atoms with E-state index in [1.165, 1.54) is 0 Å². The highest BCUT2D eigenvalue weighted by Crippen LogP contribution is 2.27. The van der Waals surface area contributed by atoms with Crippen LogP contribution >= 0.6 is 23.2 Å². The summed E-state index contributed by atoms with van der Waals surface area (Å²) in [6.45, 7) is 7.93. The lowest BCUT2D eigenvalue weighted by Gasteiger charge is -2.13. The molecule has 0 fully saturated rings. The highest BCUT2D eigenvalue weighted by atomic mass is 35.5. The van der Waals surface area contributed by atoms with Gasteiger partial charge in [0, 0.05) is 22.2 Å². The summed E-state index contributed by atoms with van der Waals surface area (Å²) in [6.07, 6.45) is 0. The Balaban J connectivity index is 2.39. The number of anilines is 2. The molecular formula is C15H17Cl2N3. The van der Waals surface area contributed by atoms with Crippen molar-refractivity contribution in [2.24, 2.45) is 0 Å². The Labute approximate surface area is 129 Å². The zero-order valence-electron chi connectivity index (χ0n) is 12.0. The second kappa shape index (κ2) is 5.98. The maximum Gasteiger partial charge on any atom is 0.138 e. The zero-order chi connectivity index (χ0) is 14.9. The normalized spacial score (nSPS) is 10.9. The number of aromatic nitrogens is 2. The summed E-state index contributed by atoms with van der Waals surface area (Å²) in [4.78, 5) is 8.82. The van der Waals surface area contributed by atoms with Crippen molar-refractivity contribution in [3.05, 3.63) is 45.3 Å². The summed E-state index contributed by atoms with van der Waals surface area (Å²) >= 11 is 12.3. The van der Waals surface area contributed by atoms with Gasteiger partial charge in [0.25, 0.3) is 0 Å². The van der Waals surface area contributed by atoms with Gasteiger partial charge in [0.15, 0.2) is 0 Å². The van der Waals surface area contributed by atoms with Crippen LogP contribution in [0.2, 0.25) is 10.2 Å². The van der Waals surface area contributed by atoms with Crippen molar-refractivity contribution in [3.8, 4) is 0 Å². The molecule has 106 valence electrons. The topological polar surface area (TPSA) is 37.8 Å². The molecule has 0 spiro atoms. The standard InChI is InChI=1S/C15H17Cl2N3/c1-8(2)14-19-13(17)10(4)15(20-14)18-11-6-5-9(3)12(16)7-11/h5-8H,1-4H3,(H,18,19,20). The highest BCUT2D eigenvalue weighted by Gasteiger charge is 2.12. The summed E-state index contributed by atoms with van der Waals surface area (Å²) in [7, 11) is 0. The number of nitrogens with zero attached hydrogens (tertiary/aromatic N) is 2. The van der Waals surface area contributed by atoms with Gasteiger partial charge in [-0.05, 0) is 31.5 Å². The SMILES string of the molecule is Cc1ccc(Nc2nc(C(C)C)nc(Cl)c2C)cc1Cl. The van der Waals surface area contributed by atoms with Crippen LogP contribution in [0, 0.1) is 13.8 Å². The van der Waals surface area contributed by atoms with Gasteiger partial charge in [0.05, 0.1) is 0 Å². The molecule has 0 amide bonds. The first-order valence-electron chi connectivity index (χ1n) is 6.45. The molecule has 1 N–H and O–H groups in total. The van der Waals surface area contributed by atoms with Crippen LogP contribution < -0.4 is 5.32 Å². The van der Waals surface area contributed by atoms with E-state index >= 15 is 0 Å². The van der Waals surface area contributed by atoms with Gasteiger partial charge >= 0.3 is 0 Å². The van der Waals surface area contributed by atoms with Crippen molar-refractivity contribution in [3.63, 3.8) is 0 Å². The Morgan fingerprint density at radius 1 is 1.10 bits per heavy atom.